The van der Waals surface area contributed by atoms with Crippen molar-refractivity contribution in [2.75, 3.05) is 34.5 Å². The molecule has 0 aliphatic heterocycles. The Morgan fingerprint density at radius 1 is 1.35 bits per heavy atom. The van der Waals surface area contributed by atoms with Gasteiger partial charge in [0, 0.05) is 12.7 Å². The summed E-state index contributed by atoms with van der Waals surface area (Å²) in [7, 11) is 4.41. The first-order chi connectivity index (χ1) is 9.57. The van der Waals surface area contributed by atoms with E-state index in [0.29, 0.717) is 17.1 Å². The molecular formula is C13H18ClNO5. The summed E-state index contributed by atoms with van der Waals surface area (Å²) in [6.45, 7) is -0.0101. The lowest BCUT2D eigenvalue weighted by atomic mass is 10.1. The van der Waals surface area contributed by atoms with Crippen molar-refractivity contribution in [2.24, 2.45) is 0 Å². The van der Waals surface area contributed by atoms with Crippen LogP contribution in [0.2, 0.25) is 5.02 Å². The van der Waals surface area contributed by atoms with Crippen molar-refractivity contribution >= 4 is 17.5 Å². The molecule has 0 saturated carbocycles. The van der Waals surface area contributed by atoms with Crippen molar-refractivity contribution in [1.82, 2.24) is 5.32 Å². The molecule has 0 aliphatic rings. The summed E-state index contributed by atoms with van der Waals surface area (Å²) in [6.07, 6.45) is 0. The molecule has 20 heavy (non-hydrogen) atoms. The summed E-state index contributed by atoms with van der Waals surface area (Å²) >= 11 is 6.03. The van der Waals surface area contributed by atoms with Gasteiger partial charge in [-0.25, -0.2) is 0 Å². The number of aliphatic hydroxyl groups is 1. The minimum atomic E-state index is -0.487. The molecule has 7 heteroatoms. The van der Waals surface area contributed by atoms with Crippen LogP contribution >= 0.6 is 11.6 Å². The van der Waals surface area contributed by atoms with Crippen LogP contribution in [0, 0.1) is 0 Å². The molecular weight excluding hydrogens is 286 g/mol. The molecule has 6 nitrogen and oxygen atoms in total. The summed E-state index contributed by atoms with van der Waals surface area (Å²) in [5.74, 6) is 0.336. The number of halogens is 1. The molecule has 112 valence electrons. The van der Waals surface area contributed by atoms with Gasteiger partial charge < -0.3 is 24.6 Å². The van der Waals surface area contributed by atoms with Crippen molar-refractivity contribution < 1.29 is 24.1 Å². The number of hydrogen-bond donors (Lipinski definition) is 2. The molecule has 2 N–H and O–H groups in total. The van der Waals surface area contributed by atoms with Crippen molar-refractivity contribution in [1.29, 1.82) is 0 Å². The van der Waals surface area contributed by atoms with Gasteiger partial charge >= 0.3 is 0 Å². The Labute approximate surface area is 122 Å². The fraction of sp³-hybridized carbons (Fsp3) is 0.462. The molecule has 0 spiro atoms. The number of rotatable bonds is 7. The number of ether oxygens (including phenoxy) is 3. The molecule has 0 aliphatic carbocycles. The van der Waals surface area contributed by atoms with Gasteiger partial charge in [0.25, 0.3) is 5.91 Å². The van der Waals surface area contributed by atoms with Crippen molar-refractivity contribution in [3.05, 3.63) is 22.7 Å². The average Bonchev–Trinajstić information content (AvgIpc) is 2.45. The van der Waals surface area contributed by atoms with E-state index in [-0.39, 0.29) is 24.1 Å². The van der Waals surface area contributed by atoms with Crippen LogP contribution in [-0.2, 0) is 4.74 Å². The number of amides is 1. The summed E-state index contributed by atoms with van der Waals surface area (Å²) < 4.78 is 15.1. The fourth-order valence-corrected chi connectivity index (χ4v) is 1.95. The first-order valence-corrected chi connectivity index (χ1v) is 6.27. The van der Waals surface area contributed by atoms with E-state index < -0.39 is 6.04 Å². The molecule has 1 rings (SSSR count). The highest BCUT2D eigenvalue weighted by atomic mass is 35.5. The maximum absolute atomic E-state index is 12.1. The van der Waals surface area contributed by atoms with Crippen LogP contribution < -0.4 is 14.8 Å². The molecule has 0 heterocycles. The highest BCUT2D eigenvalue weighted by Crippen LogP contribution is 2.35. The van der Waals surface area contributed by atoms with Crippen LogP contribution in [0.1, 0.15) is 10.4 Å². The lowest BCUT2D eigenvalue weighted by Crippen LogP contribution is -2.40. The molecule has 0 fully saturated rings. The summed E-state index contributed by atoms with van der Waals surface area (Å²) in [6, 6.07) is 2.50. The second-order valence-corrected chi connectivity index (χ2v) is 4.41. The molecule has 1 amide bonds. The zero-order valence-electron chi connectivity index (χ0n) is 11.6. The van der Waals surface area contributed by atoms with Crippen LogP contribution in [0.15, 0.2) is 12.1 Å². The number of benzene rings is 1. The Balaban J connectivity index is 2.96. The van der Waals surface area contributed by atoms with Gasteiger partial charge in [-0.05, 0) is 12.1 Å². The van der Waals surface area contributed by atoms with E-state index >= 15 is 0 Å². The lowest BCUT2D eigenvalue weighted by Gasteiger charge is -2.16. The van der Waals surface area contributed by atoms with Gasteiger partial charge in [0.15, 0.2) is 11.5 Å². The van der Waals surface area contributed by atoms with E-state index in [9.17, 15) is 4.79 Å². The number of nitrogens with one attached hydrogen (secondary N) is 1. The Bertz CT molecular complexity index is 466. The van der Waals surface area contributed by atoms with Crippen molar-refractivity contribution in [3.8, 4) is 11.5 Å². The van der Waals surface area contributed by atoms with Crippen LogP contribution in [0.4, 0.5) is 0 Å². The minimum absolute atomic E-state index is 0.212. The van der Waals surface area contributed by atoms with E-state index in [2.05, 4.69) is 5.32 Å². The standard InChI is InChI=1S/C13H18ClNO5/c1-18-7-9(6-16)15-13(17)8-4-10(14)12(20-3)11(5-8)19-2/h4-5,9,16H,6-7H2,1-3H3,(H,15,17). The first kappa shape index (κ1) is 16.6. The maximum atomic E-state index is 12.1. The van der Waals surface area contributed by atoms with Crippen molar-refractivity contribution in [3.63, 3.8) is 0 Å². The predicted molar refractivity (Wildman–Crippen MR) is 74.8 cm³/mol. The van der Waals surface area contributed by atoms with Crippen LogP contribution in [0.3, 0.4) is 0 Å². The van der Waals surface area contributed by atoms with Crippen LogP contribution in [0.5, 0.6) is 11.5 Å². The van der Waals surface area contributed by atoms with Crippen LogP contribution in [0.25, 0.3) is 0 Å². The minimum Gasteiger partial charge on any atom is -0.493 e. The lowest BCUT2D eigenvalue weighted by molar-refractivity contribution is 0.0839. The Morgan fingerprint density at radius 2 is 2.05 bits per heavy atom. The third kappa shape index (κ3) is 4.00. The van der Waals surface area contributed by atoms with Crippen LogP contribution in [-0.4, -0.2) is 51.6 Å². The number of aliphatic hydroxyl groups excluding tert-OH is 1. The van der Waals surface area contributed by atoms with Gasteiger partial charge in [-0.3, -0.25) is 4.79 Å². The van der Waals surface area contributed by atoms with E-state index in [1.54, 1.807) is 0 Å². The Morgan fingerprint density at radius 3 is 2.55 bits per heavy atom. The Kier molecular flexibility index (Phi) is 6.57. The maximum Gasteiger partial charge on any atom is 0.251 e. The van der Waals surface area contributed by atoms with Gasteiger partial charge in [0.05, 0.1) is 38.5 Å². The zero-order chi connectivity index (χ0) is 15.1. The second-order valence-electron chi connectivity index (χ2n) is 4.00. The monoisotopic (exact) mass is 303 g/mol. The van der Waals surface area contributed by atoms with Crippen molar-refractivity contribution in [2.45, 2.75) is 6.04 Å². The third-order valence-corrected chi connectivity index (χ3v) is 2.90. The second kappa shape index (κ2) is 7.94. The SMILES string of the molecule is COCC(CO)NC(=O)c1cc(Cl)c(OC)c(OC)c1. The third-order valence-electron chi connectivity index (χ3n) is 2.62. The van der Waals surface area contributed by atoms with E-state index in [1.165, 1.54) is 33.5 Å². The molecule has 1 unspecified atom stereocenters. The number of carbonyl (C=O) groups excluding carboxylic acids is 1. The van der Waals surface area contributed by atoms with E-state index in [1.807, 2.05) is 0 Å². The summed E-state index contributed by atoms with van der Waals surface area (Å²) in [4.78, 5) is 12.1. The average molecular weight is 304 g/mol. The van der Waals surface area contributed by atoms with Gasteiger partial charge in [0.2, 0.25) is 0 Å². The molecule has 1 aromatic carbocycles. The quantitative estimate of drug-likeness (QED) is 0.788. The molecule has 0 radical (unpaired) electrons. The normalized spacial score (nSPS) is 11.8. The number of hydrogen-bond acceptors (Lipinski definition) is 5. The first-order valence-electron chi connectivity index (χ1n) is 5.89. The van der Waals surface area contributed by atoms with E-state index in [4.69, 9.17) is 30.9 Å². The highest BCUT2D eigenvalue weighted by Gasteiger charge is 2.17. The largest absolute Gasteiger partial charge is 0.493 e. The van der Waals surface area contributed by atoms with Gasteiger partial charge in [0.1, 0.15) is 0 Å². The van der Waals surface area contributed by atoms with Gasteiger partial charge in [-0.15, -0.1) is 0 Å². The smallest absolute Gasteiger partial charge is 0.251 e. The topological polar surface area (TPSA) is 77.0 Å². The zero-order valence-corrected chi connectivity index (χ0v) is 12.4. The number of carbonyl (C=O) groups is 1. The molecule has 0 aromatic heterocycles. The molecule has 1 atom stereocenters. The highest BCUT2D eigenvalue weighted by molar-refractivity contribution is 6.32. The summed E-state index contributed by atoms with van der Waals surface area (Å²) in [5, 5.41) is 12.0. The fourth-order valence-electron chi connectivity index (χ4n) is 1.66. The molecule has 1 aromatic rings. The molecule has 0 saturated heterocycles. The van der Waals surface area contributed by atoms with E-state index in [0.717, 1.165) is 0 Å². The predicted octanol–water partition coefficient (Wildman–Crippen LogP) is 1.09. The number of methoxy groups -OCH3 is 3. The Hall–Kier alpha value is -1.50. The van der Waals surface area contributed by atoms with Gasteiger partial charge in [-0.2, -0.15) is 0 Å². The molecule has 0 bridgehead atoms. The van der Waals surface area contributed by atoms with Gasteiger partial charge in [-0.1, -0.05) is 11.6 Å². The summed E-state index contributed by atoms with van der Waals surface area (Å²) in [5.41, 5.74) is 0.308.